The highest BCUT2D eigenvalue weighted by Crippen LogP contribution is 2.21. The Kier molecular flexibility index (Phi) is 4.40. The maximum Gasteiger partial charge on any atom is 0.0340 e. The molecule has 0 bridgehead atoms. The highest BCUT2D eigenvalue weighted by atomic mass is 14.9. The third-order valence-corrected chi connectivity index (χ3v) is 2.40. The molecule has 90 valence electrons. The highest BCUT2D eigenvalue weighted by Gasteiger charge is 2.10. The van der Waals surface area contributed by atoms with Crippen molar-refractivity contribution in [1.29, 1.82) is 0 Å². The Hall–Kier alpha value is -0.980. The lowest BCUT2D eigenvalue weighted by molar-refractivity contribution is 0.411. The third kappa shape index (κ3) is 5.20. The fourth-order valence-corrected chi connectivity index (χ4v) is 1.67. The molecular weight excluding hydrogens is 194 g/mol. The van der Waals surface area contributed by atoms with E-state index >= 15 is 0 Å². The van der Waals surface area contributed by atoms with Gasteiger partial charge in [0.05, 0.1) is 0 Å². The summed E-state index contributed by atoms with van der Waals surface area (Å²) in [6.45, 7) is 12.3. The van der Waals surface area contributed by atoms with Gasteiger partial charge < -0.3 is 5.32 Å². The maximum absolute atomic E-state index is 3.43. The average Bonchev–Trinajstić information content (AvgIpc) is 2.14. The molecule has 0 saturated heterocycles. The van der Waals surface area contributed by atoms with Gasteiger partial charge in [-0.25, -0.2) is 0 Å². The summed E-state index contributed by atoms with van der Waals surface area (Å²) in [6.07, 6.45) is 1.14. The third-order valence-electron chi connectivity index (χ3n) is 2.40. The van der Waals surface area contributed by atoms with Gasteiger partial charge in [0.1, 0.15) is 0 Å². The van der Waals surface area contributed by atoms with E-state index < -0.39 is 0 Å². The van der Waals surface area contributed by atoms with E-state index in [0.29, 0.717) is 11.3 Å². The lowest BCUT2D eigenvalue weighted by Crippen LogP contribution is -2.10. The number of rotatable bonds is 4. The normalized spacial score (nSPS) is 11.9. The zero-order valence-corrected chi connectivity index (χ0v) is 11.3. The molecule has 0 aliphatic heterocycles. The van der Waals surface area contributed by atoms with Crippen molar-refractivity contribution in [2.24, 2.45) is 11.3 Å². The first-order valence-electron chi connectivity index (χ1n) is 6.19. The van der Waals surface area contributed by atoms with E-state index in [0.717, 1.165) is 13.0 Å². The van der Waals surface area contributed by atoms with Gasteiger partial charge in [0.15, 0.2) is 0 Å². The van der Waals surface area contributed by atoms with Crippen molar-refractivity contribution in [3.63, 3.8) is 0 Å². The predicted molar refractivity (Wildman–Crippen MR) is 72.9 cm³/mol. The Bertz CT molecular complexity index is 303. The molecule has 0 aliphatic rings. The van der Waals surface area contributed by atoms with Crippen LogP contribution in [0.1, 0.15) is 40.2 Å². The number of benzene rings is 1. The predicted octanol–water partition coefficient (Wildman–Crippen LogP) is 4.34. The lowest BCUT2D eigenvalue weighted by Gasteiger charge is -2.18. The topological polar surface area (TPSA) is 12.0 Å². The molecule has 0 aromatic heterocycles. The molecule has 0 atom stereocenters. The number of hydrogen-bond donors (Lipinski definition) is 1. The molecule has 1 aromatic carbocycles. The highest BCUT2D eigenvalue weighted by molar-refractivity contribution is 5.44. The van der Waals surface area contributed by atoms with Crippen LogP contribution in [0.25, 0.3) is 0 Å². The van der Waals surface area contributed by atoms with E-state index in [1.165, 1.54) is 11.3 Å². The molecule has 16 heavy (non-hydrogen) atoms. The van der Waals surface area contributed by atoms with Crippen LogP contribution in [0.5, 0.6) is 0 Å². The van der Waals surface area contributed by atoms with Crippen molar-refractivity contribution in [2.75, 3.05) is 11.9 Å². The fourth-order valence-electron chi connectivity index (χ4n) is 1.67. The maximum atomic E-state index is 3.43. The van der Waals surface area contributed by atoms with Gasteiger partial charge in [-0.1, -0.05) is 46.8 Å². The second-order valence-corrected chi connectivity index (χ2v) is 6.21. The van der Waals surface area contributed by atoms with Crippen LogP contribution in [0.3, 0.4) is 0 Å². The van der Waals surface area contributed by atoms with Crippen LogP contribution in [-0.4, -0.2) is 6.54 Å². The zero-order chi connectivity index (χ0) is 12.2. The summed E-state index contributed by atoms with van der Waals surface area (Å²) < 4.78 is 0. The molecular formula is C15H25N. The van der Waals surface area contributed by atoms with Crippen LogP contribution in [-0.2, 0) is 6.42 Å². The minimum absolute atomic E-state index is 0.368. The monoisotopic (exact) mass is 219 g/mol. The van der Waals surface area contributed by atoms with E-state index in [4.69, 9.17) is 0 Å². The number of anilines is 1. The quantitative estimate of drug-likeness (QED) is 0.794. The molecule has 0 saturated carbocycles. The van der Waals surface area contributed by atoms with Gasteiger partial charge in [-0.3, -0.25) is 0 Å². The van der Waals surface area contributed by atoms with Crippen molar-refractivity contribution in [1.82, 2.24) is 0 Å². The molecule has 1 N–H and O–H groups in total. The van der Waals surface area contributed by atoms with Crippen molar-refractivity contribution in [2.45, 2.75) is 41.0 Å². The van der Waals surface area contributed by atoms with E-state index in [2.05, 4.69) is 64.2 Å². The Morgan fingerprint density at radius 1 is 1.06 bits per heavy atom. The Morgan fingerprint density at radius 2 is 1.62 bits per heavy atom. The van der Waals surface area contributed by atoms with Gasteiger partial charge in [0.2, 0.25) is 0 Å². The molecule has 0 aliphatic carbocycles. The minimum atomic E-state index is 0.368. The molecule has 1 heteroatoms. The van der Waals surface area contributed by atoms with Crippen molar-refractivity contribution in [3.8, 4) is 0 Å². The number of nitrogens with one attached hydrogen (secondary N) is 1. The van der Waals surface area contributed by atoms with Crippen molar-refractivity contribution >= 4 is 5.69 Å². The second-order valence-electron chi connectivity index (χ2n) is 6.21. The molecule has 0 radical (unpaired) electrons. The molecule has 0 spiro atoms. The Morgan fingerprint density at radius 3 is 2.06 bits per heavy atom. The largest absolute Gasteiger partial charge is 0.385 e. The van der Waals surface area contributed by atoms with Gasteiger partial charge >= 0.3 is 0 Å². The first-order chi connectivity index (χ1) is 7.37. The van der Waals surface area contributed by atoms with Gasteiger partial charge in [-0.2, -0.15) is 0 Å². The Labute approximate surface area is 100 Å². The van der Waals surface area contributed by atoms with Crippen molar-refractivity contribution in [3.05, 3.63) is 29.8 Å². The minimum Gasteiger partial charge on any atom is -0.385 e. The van der Waals surface area contributed by atoms with Crippen LogP contribution < -0.4 is 5.32 Å². The second kappa shape index (κ2) is 5.38. The van der Waals surface area contributed by atoms with E-state index in [1.807, 2.05) is 0 Å². The van der Waals surface area contributed by atoms with Crippen LogP contribution in [0.15, 0.2) is 24.3 Å². The standard InChI is InChI=1S/C15H25N/c1-12(2)11-16-14-8-6-13(7-9-14)10-15(3,4)5/h6-9,12,16H,10-11H2,1-5H3. The van der Waals surface area contributed by atoms with E-state index in [1.54, 1.807) is 0 Å². The molecule has 0 heterocycles. The summed E-state index contributed by atoms with van der Waals surface area (Å²) >= 11 is 0. The molecule has 0 amide bonds. The summed E-state index contributed by atoms with van der Waals surface area (Å²) in [5.74, 6) is 0.689. The fraction of sp³-hybridized carbons (Fsp3) is 0.600. The van der Waals surface area contributed by atoms with E-state index in [9.17, 15) is 0 Å². The Balaban J connectivity index is 2.54. The molecule has 0 fully saturated rings. The van der Waals surface area contributed by atoms with Crippen LogP contribution in [0.4, 0.5) is 5.69 Å². The van der Waals surface area contributed by atoms with Gasteiger partial charge in [0.25, 0.3) is 0 Å². The van der Waals surface area contributed by atoms with Gasteiger partial charge in [-0.15, -0.1) is 0 Å². The van der Waals surface area contributed by atoms with E-state index in [-0.39, 0.29) is 0 Å². The summed E-state index contributed by atoms with van der Waals surface area (Å²) in [4.78, 5) is 0. The van der Waals surface area contributed by atoms with Crippen molar-refractivity contribution < 1.29 is 0 Å². The number of hydrogen-bond acceptors (Lipinski definition) is 1. The van der Waals surface area contributed by atoms with Crippen LogP contribution >= 0.6 is 0 Å². The SMILES string of the molecule is CC(C)CNc1ccc(CC(C)(C)C)cc1. The summed E-state index contributed by atoms with van der Waals surface area (Å²) in [5, 5.41) is 3.43. The molecule has 0 unspecified atom stereocenters. The molecule has 1 nitrogen and oxygen atoms in total. The summed E-state index contributed by atoms with van der Waals surface area (Å²) in [7, 11) is 0. The first-order valence-corrected chi connectivity index (χ1v) is 6.19. The summed E-state index contributed by atoms with van der Waals surface area (Å²) in [5.41, 5.74) is 3.02. The zero-order valence-electron chi connectivity index (χ0n) is 11.3. The van der Waals surface area contributed by atoms with Gasteiger partial charge in [-0.05, 0) is 35.4 Å². The summed E-state index contributed by atoms with van der Waals surface area (Å²) in [6, 6.07) is 8.83. The van der Waals surface area contributed by atoms with Crippen LogP contribution in [0, 0.1) is 11.3 Å². The molecule has 1 aromatic rings. The molecule has 1 rings (SSSR count). The average molecular weight is 219 g/mol. The van der Waals surface area contributed by atoms with Crippen LogP contribution in [0.2, 0.25) is 0 Å². The first kappa shape index (κ1) is 13.1. The van der Waals surface area contributed by atoms with Gasteiger partial charge in [0, 0.05) is 12.2 Å². The lowest BCUT2D eigenvalue weighted by atomic mass is 9.88. The smallest absolute Gasteiger partial charge is 0.0340 e.